The molecule has 0 aliphatic heterocycles. The largest absolute Gasteiger partial charge is 0.480 e. The van der Waals surface area contributed by atoms with Crippen molar-refractivity contribution in [2.45, 2.75) is 12.5 Å². The second kappa shape index (κ2) is 6.78. The summed E-state index contributed by atoms with van der Waals surface area (Å²) in [6.45, 7) is 0. The number of carboxylic acids is 1. The first kappa shape index (κ1) is 17.0. The Morgan fingerprint density at radius 3 is 2.43 bits per heavy atom. The maximum absolute atomic E-state index is 12.4. The zero-order chi connectivity index (χ0) is 17.0. The molecule has 0 aliphatic rings. The van der Waals surface area contributed by atoms with Gasteiger partial charge in [0.2, 0.25) is 0 Å². The standard InChI is InChI=1S/C16H17NO5S/c1-23(21,22)10-9-14(16(19)20)17-15(18)13-8-4-6-11-5-2-3-7-12(11)13/h2-8,14H,9-10H2,1H3,(H,17,18)(H,19,20)/t14-/m0/s1. The van der Waals surface area contributed by atoms with Crippen LogP contribution in [0.2, 0.25) is 0 Å². The zero-order valence-corrected chi connectivity index (χ0v) is 13.3. The number of nitrogens with one attached hydrogen (secondary N) is 1. The van der Waals surface area contributed by atoms with E-state index in [1.54, 1.807) is 24.3 Å². The van der Waals surface area contributed by atoms with Crippen molar-refractivity contribution in [1.82, 2.24) is 5.32 Å². The first-order chi connectivity index (χ1) is 10.8. The van der Waals surface area contributed by atoms with E-state index in [1.807, 2.05) is 18.2 Å². The number of amides is 1. The molecule has 0 aliphatic carbocycles. The van der Waals surface area contributed by atoms with E-state index in [4.69, 9.17) is 5.11 Å². The third kappa shape index (κ3) is 4.53. The summed E-state index contributed by atoms with van der Waals surface area (Å²) >= 11 is 0. The number of rotatable bonds is 6. The van der Waals surface area contributed by atoms with Crippen LogP contribution in [0.4, 0.5) is 0 Å². The van der Waals surface area contributed by atoms with Crippen molar-refractivity contribution in [3.05, 3.63) is 48.0 Å². The van der Waals surface area contributed by atoms with Gasteiger partial charge in [-0.3, -0.25) is 4.79 Å². The van der Waals surface area contributed by atoms with Gasteiger partial charge in [-0.15, -0.1) is 0 Å². The summed E-state index contributed by atoms with van der Waals surface area (Å²) in [6, 6.07) is 11.2. The zero-order valence-electron chi connectivity index (χ0n) is 12.5. The fourth-order valence-corrected chi connectivity index (χ4v) is 2.91. The molecule has 1 atom stereocenters. The van der Waals surface area contributed by atoms with Crippen molar-refractivity contribution in [1.29, 1.82) is 0 Å². The molecule has 6 nitrogen and oxygen atoms in total. The molecular weight excluding hydrogens is 318 g/mol. The quantitative estimate of drug-likeness (QED) is 0.832. The van der Waals surface area contributed by atoms with Gasteiger partial charge in [0.25, 0.3) is 5.91 Å². The smallest absolute Gasteiger partial charge is 0.326 e. The van der Waals surface area contributed by atoms with Crippen LogP contribution in [0, 0.1) is 0 Å². The Kier molecular flexibility index (Phi) is 5.00. The van der Waals surface area contributed by atoms with Gasteiger partial charge in [-0.2, -0.15) is 0 Å². The van der Waals surface area contributed by atoms with E-state index in [1.165, 1.54) is 0 Å². The summed E-state index contributed by atoms with van der Waals surface area (Å²) in [5.41, 5.74) is 0.355. The summed E-state index contributed by atoms with van der Waals surface area (Å²) in [5, 5.41) is 13.1. The molecule has 0 saturated heterocycles. The van der Waals surface area contributed by atoms with Gasteiger partial charge in [-0.25, -0.2) is 13.2 Å². The highest BCUT2D eigenvalue weighted by atomic mass is 32.2. The lowest BCUT2D eigenvalue weighted by atomic mass is 10.0. The topological polar surface area (TPSA) is 101 Å². The van der Waals surface area contributed by atoms with E-state index in [0.717, 1.165) is 11.6 Å². The van der Waals surface area contributed by atoms with Gasteiger partial charge in [0.15, 0.2) is 0 Å². The Labute approximate surface area is 134 Å². The van der Waals surface area contributed by atoms with Gasteiger partial charge in [0, 0.05) is 11.8 Å². The molecule has 2 N–H and O–H groups in total. The molecule has 2 rings (SSSR count). The third-order valence-corrected chi connectivity index (χ3v) is 4.39. The molecule has 0 aromatic heterocycles. The molecular formula is C16H17NO5S. The summed E-state index contributed by atoms with van der Waals surface area (Å²) in [6.07, 6.45) is 0.850. The Bertz CT molecular complexity index is 839. The Hall–Kier alpha value is -2.41. The number of sulfone groups is 1. The molecule has 2 aromatic rings. The molecule has 0 heterocycles. The van der Waals surface area contributed by atoms with E-state index in [0.29, 0.717) is 10.9 Å². The van der Waals surface area contributed by atoms with Crippen LogP contribution in [0.1, 0.15) is 16.8 Å². The van der Waals surface area contributed by atoms with Gasteiger partial charge >= 0.3 is 5.97 Å². The maximum Gasteiger partial charge on any atom is 0.326 e. The molecule has 0 saturated carbocycles. The van der Waals surface area contributed by atoms with Crippen LogP contribution in [0.15, 0.2) is 42.5 Å². The minimum absolute atomic E-state index is 0.176. The first-order valence-electron chi connectivity index (χ1n) is 6.97. The summed E-state index contributed by atoms with van der Waals surface area (Å²) < 4.78 is 22.4. The number of carbonyl (C=O) groups is 2. The van der Waals surface area contributed by atoms with Crippen molar-refractivity contribution in [2.24, 2.45) is 0 Å². The van der Waals surface area contributed by atoms with Crippen molar-refractivity contribution in [3.8, 4) is 0 Å². The monoisotopic (exact) mass is 335 g/mol. The first-order valence-corrected chi connectivity index (χ1v) is 9.03. The number of fused-ring (bicyclic) bond motifs is 1. The number of carbonyl (C=O) groups excluding carboxylic acids is 1. The molecule has 0 bridgehead atoms. The van der Waals surface area contributed by atoms with E-state index >= 15 is 0 Å². The molecule has 0 radical (unpaired) electrons. The summed E-state index contributed by atoms with van der Waals surface area (Å²) in [5.74, 6) is -2.11. The molecule has 0 fully saturated rings. The van der Waals surface area contributed by atoms with Gasteiger partial charge in [-0.1, -0.05) is 36.4 Å². The van der Waals surface area contributed by atoms with E-state index < -0.39 is 27.8 Å². The predicted octanol–water partition coefficient (Wildman–Crippen LogP) is 1.46. The molecule has 0 spiro atoms. The highest BCUT2D eigenvalue weighted by Gasteiger charge is 2.23. The highest BCUT2D eigenvalue weighted by Crippen LogP contribution is 2.18. The molecule has 7 heteroatoms. The SMILES string of the molecule is CS(=O)(=O)CC[C@H](NC(=O)c1cccc2ccccc12)C(=O)O. The number of benzene rings is 2. The second-order valence-corrected chi connectivity index (χ2v) is 7.57. The van der Waals surface area contributed by atoms with Gasteiger partial charge in [0.1, 0.15) is 15.9 Å². The Morgan fingerprint density at radius 2 is 1.78 bits per heavy atom. The Morgan fingerprint density at radius 1 is 1.13 bits per heavy atom. The Balaban J connectivity index is 2.22. The minimum Gasteiger partial charge on any atom is -0.480 e. The van der Waals surface area contributed by atoms with Crippen LogP contribution in [-0.2, 0) is 14.6 Å². The van der Waals surface area contributed by atoms with Crippen LogP contribution in [0.3, 0.4) is 0 Å². The average Bonchev–Trinajstić information content (AvgIpc) is 2.49. The highest BCUT2D eigenvalue weighted by molar-refractivity contribution is 7.90. The van der Waals surface area contributed by atoms with Crippen molar-refractivity contribution >= 4 is 32.5 Å². The maximum atomic E-state index is 12.4. The fraction of sp³-hybridized carbons (Fsp3) is 0.250. The lowest BCUT2D eigenvalue weighted by Gasteiger charge is -2.15. The third-order valence-electron chi connectivity index (χ3n) is 3.41. The van der Waals surface area contributed by atoms with Crippen LogP contribution in [-0.4, -0.2) is 43.5 Å². The van der Waals surface area contributed by atoms with E-state index in [2.05, 4.69) is 5.32 Å². The minimum atomic E-state index is -3.30. The van der Waals surface area contributed by atoms with Crippen LogP contribution < -0.4 is 5.32 Å². The lowest BCUT2D eigenvalue weighted by molar-refractivity contribution is -0.139. The van der Waals surface area contributed by atoms with Gasteiger partial charge in [0.05, 0.1) is 5.75 Å². The number of hydrogen-bond donors (Lipinski definition) is 2. The molecule has 2 aromatic carbocycles. The van der Waals surface area contributed by atoms with Crippen LogP contribution >= 0.6 is 0 Å². The molecule has 0 unspecified atom stereocenters. The fourth-order valence-electron chi connectivity index (χ4n) is 2.25. The number of hydrogen-bond acceptors (Lipinski definition) is 4. The van der Waals surface area contributed by atoms with Crippen molar-refractivity contribution in [2.75, 3.05) is 12.0 Å². The average molecular weight is 335 g/mol. The second-order valence-electron chi connectivity index (χ2n) is 5.31. The van der Waals surface area contributed by atoms with E-state index in [-0.39, 0.29) is 12.2 Å². The molecule has 1 amide bonds. The number of aliphatic carboxylic acids is 1. The predicted molar refractivity (Wildman–Crippen MR) is 87.2 cm³/mol. The van der Waals surface area contributed by atoms with E-state index in [9.17, 15) is 18.0 Å². The van der Waals surface area contributed by atoms with Crippen molar-refractivity contribution in [3.63, 3.8) is 0 Å². The van der Waals surface area contributed by atoms with Gasteiger partial charge in [-0.05, 0) is 23.3 Å². The number of carboxylic acid groups (broad SMARTS) is 1. The lowest BCUT2D eigenvalue weighted by Crippen LogP contribution is -2.42. The van der Waals surface area contributed by atoms with Gasteiger partial charge < -0.3 is 10.4 Å². The summed E-state index contributed by atoms with van der Waals surface area (Å²) in [4.78, 5) is 23.6. The molecule has 23 heavy (non-hydrogen) atoms. The van der Waals surface area contributed by atoms with Crippen LogP contribution in [0.25, 0.3) is 10.8 Å². The van der Waals surface area contributed by atoms with Crippen LogP contribution in [0.5, 0.6) is 0 Å². The normalized spacial score (nSPS) is 12.7. The summed E-state index contributed by atoms with van der Waals surface area (Å²) in [7, 11) is -3.30. The molecule has 122 valence electrons. The van der Waals surface area contributed by atoms with Crippen molar-refractivity contribution < 1.29 is 23.1 Å².